The van der Waals surface area contributed by atoms with Gasteiger partial charge in [0.1, 0.15) is 5.78 Å². The lowest BCUT2D eigenvalue weighted by Crippen LogP contribution is -2.44. The van der Waals surface area contributed by atoms with E-state index in [1.165, 1.54) is 0 Å². The zero-order valence-electron chi connectivity index (χ0n) is 15.0. The van der Waals surface area contributed by atoms with Crippen LogP contribution < -0.4 is 9.34 Å². The highest BCUT2D eigenvalue weighted by Gasteiger charge is 2.48. The molecule has 4 rings (SSSR count). The second kappa shape index (κ2) is 7.28. The van der Waals surface area contributed by atoms with Crippen LogP contribution >= 0.6 is 7.44 Å². The molecule has 1 saturated carbocycles. The summed E-state index contributed by atoms with van der Waals surface area (Å²) in [6.45, 7) is 1.55. The van der Waals surface area contributed by atoms with E-state index in [0.29, 0.717) is 12.8 Å². The van der Waals surface area contributed by atoms with Crippen molar-refractivity contribution >= 4 is 24.6 Å². The van der Waals surface area contributed by atoms with E-state index in [1.54, 1.807) is 0 Å². The minimum absolute atomic E-state index is 0.0931. The molecule has 0 N–H and O–H groups in total. The number of carbonyl (C=O) groups excluding carboxylic acids is 1. The summed E-state index contributed by atoms with van der Waals surface area (Å²) in [7, 11) is -2.94. The first-order valence-electron chi connectivity index (χ1n) is 9.47. The maximum absolute atomic E-state index is 14.7. The number of nitrogens with zero attached hydrogens (tertiary/aromatic N) is 2. The highest BCUT2D eigenvalue weighted by molar-refractivity contribution is 7.68. The quantitative estimate of drug-likeness (QED) is 0.706. The maximum atomic E-state index is 14.7. The van der Waals surface area contributed by atoms with Crippen LogP contribution in [0.3, 0.4) is 0 Å². The van der Waals surface area contributed by atoms with Gasteiger partial charge in [-0.2, -0.15) is 0 Å². The van der Waals surface area contributed by atoms with Crippen LogP contribution in [-0.2, 0) is 9.36 Å². The number of rotatable bonds is 3. The molecular weight excluding hydrogens is 343 g/mol. The second-order valence-corrected chi connectivity index (χ2v) is 10.0. The van der Waals surface area contributed by atoms with Crippen LogP contribution in [0.2, 0.25) is 0 Å². The zero-order chi connectivity index (χ0) is 18.0. The van der Waals surface area contributed by atoms with E-state index in [2.05, 4.69) is 9.34 Å². The van der Waals surface area contributed by atoms with Crippen LogP contribution in [0, 0.1) is 0 Å². The van der Waals surface area contributed by atoms with Gasteiger partial charge >= 0.3 is 0 Å². The molecule has 1 aliphatic carbocycles. The molecule has 2 aromatic carbocycles. The van der Waals surface area contributed by atoms with Gasteiger partial charge in [-0.25, -0.2) is 0 Å². The first kappa shape index (κ1) is 17.4. The number of hydrogen-bond donors (Lipinski definition) is 0. The maximum Gasteiger partial charge on any atom is 0.266 e. The second-order valence-electron chi connectivity index (χ2n) is 7.15. The van der Waals surface area contributed by atoms with Gasteiger partial charge in [0, 0.05) is 37.3 Å². The van der Waals surface area contributed by atoms with Gasteiger partial charge < -0.3 is 9.34 Å². The van der Waals surface area contributed by atoms with Gasteiger partial charge in [-0.3, -0.25) is 9.36 Å². The van der Waals surface area contributed by atoms with Crippen LogP contribution in [0.15, 0.2) is 60.7 Å². The third-order valence-corrected chi connectivity index (χ3v) is 9.11. The lowest BCUT2D eigenvalue weighted by atomic mass is 9.99. The number of Topliss-reactive ketones (excluding diaryl/α,β-unsaturated/α-hetero) is 1. The number of anilines is 2. The first-order valence-corrected chi connectivity index (χ1v) is 11.2. The molecule has 4 nitrogen and oxygen atoms in total. The van der Waals surface area contributed by atoms with Crippen LogP contribution in [0.5, 0.6) is 0 Å². The first-order chi connectivity index (χ1) is 12.7. The molecule has 2 aromatic rings. The Balaban J connectivity index is 1.81. The summed E-state index contributed by atoms with van der Waals surface area (Å²) in [5.74, 6) is 0.253. The Labute approximate surface area is 155 Å². The Morgan fingerprint density at radius 2 is 1.35 bits per heavy atom. The molecule has 1 heterocycles. The van der Waals surface area contributed by atoms with Crippen molar-refractivity contribution in [3.8, 4) is 0 Å². The summed E-state index contributed by atoms with van der Waals surface area (Å²) in [5, 5.41) is 0. The monoisotopic (exact) mass is 368 g/mol. The molecule has 26 heavy (non-hydrogen) atoms. The third kappa shape index (κ3) is 3.07. The Morgan fingerprint density at radius 1 is 0.808 bits per heavy atom. The molecule has 0 bridgehead atoms. The van der Waals surface area contributed by atoms with E-state index < -0.39 is 7.44 Å². The average Bonchev–Trinajstić information content (AvgIpc) is 2.69. The van der Waals surface area contributed by atoms with Gasteiger partial charge in [-0.05, 0) is 43.5 Å². The summed E-state index contributed by atoms with van der Waals surface area (Å²) >= 11 is 0. The van der Waals surface area contributed by atoms with E-state index in [0.717, 1.165) is 43.7 Å². The molecule has 1 unspecified atom stereocenters. The molecule has 0 radical (unpaired) electrons. The van der Waals surface area contributed by atoms with Crippen molar-refractivity contribution in [3.05, 3.63) is 60.7 Å². The average molecular weight is 368 g/mol. The predicted octanol–water partition coefficient (Wildman–Crippen LogP) is 5.11. The number of benzene rings is 2. The van der Waals surface area contributed by atoms with Crippen molar-refractivity contribution in [1.29, 1.82) is 0 Å². The van der Waals surface area contributed by atoms with Crippen LogP contribution in [0.1, 0.15) is 32.1 Å². The van der Waals surface area contributed by atoms with Gasteiger partial charge in [-0.1, -0.05) is 36.4 Å². The largest absolute Gasteiger partial charge is 0.306 e. The van der Waals surface area contributed by atoms with Gasteiger partial charge in [-0.15, -0.1) is 0 Å². The molecule has 136 valence electrons. The fourth-order valence-electron chi connectivity index (χ4n) is 4.26. The lowest BCUT2D eigenvalue weighted by molar-refractivity contribution is -0.120. The third-order valence-electron chi connectivity index (χ3n) is 5.47. The molecule has 5 heteroatoms. The van der Waals surface area contributed by atoms with E-state index in [1.807, 2.05) is 60.7 Å². The lowest BCUT2D eigenvalue weighted by Gasteiger charge is -2.49. The number of ketones is 1. The Morgan fingerprint density at radius 3 is 1.85 bits per heavy atom. The zero-order valence-corrected chi connectivity index (χ0v) is 15.9. The van der Waals surface area contributed by atoms with Gasteiger partial charge in [0.2, 0.25) is 0 Å². The topological polar surface area (TPSA) is 40.6 Å². The summed E-state index contributed by atoms with van der Waals surface area (Å²) in [4.78, 5) is 12.2. The standard InChI is InChI=1S/C21H25N2O2P/c24-20-13-7-14-21(17-20)26(25)22(18-9-3-1-4-10-18)15-8-16-23(26)19-11-5-2-6-12-19/h1-6,9-12,21H,7-8,13-17H2. The van der Waals surface area contributed by atoms with Crippen molar-refractivity contribution in [2.24, 2.45) is 0 Å². The molecule has 1 atom stereocenters. The number of carbonyl (C=O) groups is 1. The van der Waals surface area contributed by atoms with Crippen molar-refractivity contribution in [3.63, 3.8) is 0 Å². The Kier molecular flexibility index (Phi) is 4.86. The van der Waals surface area contributed by atoms with Crippen LogP contribution in [0.4, 0.5) is 11.4 Å². The van der Waals surface area contributed by atoms with E-state index in [-0.39, 0.29) is 11.4 Å². The molecular formula is C21H25N2O2P. The summed E-state index contributed by atoms with van der Waals surface area (Å²) < 4.78 is 18.9. The normalized spacial score (nSPS) is 23.1. The fourth-order valence-corrected chi connectivity index (χ4v) is 8.05. The predicted molar refractivity (Wildman–Crippen MR) is 107 cm³/mol. The van der Waals surface area contributed by atoms with Gasteiger partial charge in [0.05, 0.1) is 5.66 Å². The highest BCUT2D eigenvalue weighted by Crippen LogP contribution is 2.64. The van der Waals surface area contributed by atoms with E-state index >= 15 is 0 Å². The van der Waals surface area contributed by atoms with Crippen molar-refractivity contribution < 1.29 is 9.36 Å². The molecule has 0 aromatic heterocycles. The van der Waals surface area contributed by atoms with Gasteiger partial charge in [0.15, 0.2) is 0 Å². The van der Waals surface area contributed by atoms with E-state index in [4.69, 9.17) is 0 Å². The highest BCUT2D eigenvalue weighted by atomic mass is 31.2. The molecule has 2 fully saturated rings. The van der Waals surface area contributed by atoms with Crippen molar-refractivity contribution in [1.82, 2.24) is 0 Å². The molecule has 2 aliphatic rings. The minimum atomic E-state index is -2.94. The number of hydrogen-bond acceptors (Lipinski definition) is 2. The van der Waals surface area contributed by atoms with Crippen molar-refractivity contribution in [2.75, 3.05) is 22.4 Å². The summed E-state index contributed by atoms with van der Waals surface area (Å²) in [6.07, 6.45) is 3.72. The minimum Gasteiger partial charge on any atom is -0.306 e. The number of para-hydroxylation sites is 2. The molecule has 1 aliphatic heterocycles. The van der Waals surface area contributed by atoms with Crippen LogP contribution in [-0.4, -0.2) is 24.5 Å². The Bertz CT molecular complexity index is 758. The summed E-state index contributed by atoms with van der Waals surface area (Å²) in [6, 6.07) is 20.1. The molecule has 0 spiro atoms. The van der Waals surface area contributed by atoms with Crippen LogP contribution in [0.25, 0.3) is 0 Å². The van der Waals surface area contributed by atoms with E-state index in [9.17, 15) is 9.36 Å². The molecule has 0 amide bonds. The summed E-state index contributed by atoms with van der Waals surface area (Å²) in [5.41, 5.74) is 1.90. The fraction of sp³-hybridized carbons (Fsp3) is 0.381. The SMILES string of the molecule is O=C1CCCC(P2(=O)N(c3ccccc3)CCCN2c2ccccc2)C1. The smallest absolute Gasteiger partial charge is 0.266 e. The van der Waals surface area contributed by atoms with Gasteiger partial charge in [0.25, 0.3) is 7.44 Å². The Hall–Kier alpha value is -2.06. The molecule has 1 saturated heterocycles. The van der Waals surface area contributed by atoms with Crippen molar-refractivity contribution in [2.45, 2.75) is 37.8 Å².